The molecule has 8 aromatic rings. The molecule has 2 aromatic heterocycles. The van der Waals surface area contributed by atoms with Crippen LogP contribution in [-0.2, 0) is 0 Å². The van der Waals surface area contributed by atoms with Gasteiger partial charge in [-0.05, 0) is 85.0 Å². The van der Waals surface area contributed by atoms with Crippen LogP contribution in [0.1, 0.15) is 0 Å². The Bertz CT molecular complexity index is 2420. The average molecular weight is 585 g/mol. The molecule has 0 unspecified atom stereocenters. The van der Waals surface area contributed by atoms with Crippen molar-refractivity contribution in [1.29, 1.82) is 0 Å². The molecule has 0 N–H and O–H groups in total. The zero-order valence-electron chi connectivity index (χ0n) is 25.1. The number of pyridine rings is 2. The van der Waals surface area contributed by atoms with E-state index in [-0.39, 0.29) is 0 Å². The van der Waals surface area contributed by atoms with E-state index in [1.165, 1.54) is 55.6 Å². The number of hydrogen-bond acceptors (Lipinski definition) is 2. The summed E-state index contributed by atoms with van der Waals surface area (Å²) in [4.78, 5) is 9.50. The van der Waals surface area contributed by atoms with Gasteiger partial charge in [0.05, 0.1) is 11.2 Å². The van der Waals surface area contributed by atoms with Gasteiger partial charge in [0.25, 0.3) is 0 Å². The molecule has 0 saturated heterocycles. The lowest BCUT2D eigenvalue weighted by molar-refractivity contribution is 1.32. The van der Waals surface area contributed by atoms with Crippen LogP contribution in [0.15, 0.2) is 170 Å². The zero-order valence-corrected chi connectivity index (χ0v) is 25.1. The highest BCUT2D eigenvalue weighted by molar-refractivity contribution is 6.07. The molecule has 46 heavy (non-hydrogen) atoms. The van der Waals surface area contributed by atoms with Gasteiger partial charge < -0.3 is 0 Å². The van der Waals surface area contributed by atoms with Crippen molar-refractivity contribution >= 4 is 10.9 Å². The number of rotatable bonds is 3. The molecule has 6 aromatic carbocycles. The van der Waals surface area contributed by atoms with Gasteiger partial charge in [-0.2, -0.15) is 0 Å². The van der Waals surface area contributed by atoms with Crippen molar-refractivity contribution in [2.75, 3.05) is 0 Å². The molecule has 0 amide bonds. The molecule has 0 fully saturated rings. The van der Waals surface area contributed by atoms with Gasteiger partial charge in [0.15, 0.2) is 0 Å². The Labute approximate surface area is 268 Å². The van der Waals surface area contributed by atoms with Crippen molar-refractivity contribution in [2.45, 2.75) is 0 Å². The van der Waals surface area contributed by atoms with Gasteiger partial charge in [0, 0.05) is 23.3 Å². The van der Waals surface area contributed by atoms with Crippen LogP contribution in [0.5, 0.6) is 0 Å². The number of benzene rings is 6. The minimum Gasteiger partial charge on any atom is -0.264 e. The Hall–Kier alpha value is -6.12. The molecule has 2 heteroatoms. The van der Waals surface area contributed by atoms with Gasteiger partial charge in [0.1, 0.15) is 0 Å². The van der Waals surface area contributed by atoms with Crippen LogP contribution < -0.4 is 0 Å². The molecular formula is C44H28N2. The second-order valence-corrected chi connectivity index (χ2v) is 11.8. The Balaban J connectivity index is 1.30. The third-order valence-electron chi connectivity index (χ3n) is 9.15. The highest BCUT2D eigenvalue weighted by Crippen LogP contribution is 2.50. The van der Waals surface area contributed by atoms with E-state index < -0.39 is 0 Å². The summed E-state index contributed by atoms with van der Waals surface area (Å²) in [5.41, 5.74) is 17.6. The van der Waals surface area contributed by atoms with Gasteiger partial charge >= 0.3 is 0 Å². The quantitative estimate of drug-likeness (QED) is 0.206. The molecule has 0 bridgehead atoms. The summed E-state index contributed by atoms with van der Waals surface area (Å²) < 4.78 is 0. The molecule has 214 valence electrons. The van der Waals surface area contributed by atoms with E-state index in [0.717, 1.165) is 33.3 Å². The molecule has 0 atom stereocenters. The fourth-order valence-corrected chi connectivity index (χ4v) is 7.07. The predicted molar refractivity (Wildman–Crippen MR) is 191 cm³/mol. The van der Waals surface area contributed by atoms with Crippen LogP contribution in [0.25, 0.3) is 88.9 Å². The Morgan fingerprint density at radius 1 is 0.348 bits per heavy atom. The summed E-state index contributed by atoms with van der Waals surface area (Å²) in [6, 6.07) is 56.8. The molecule has 0 radical (unpaired) electrons. The number of hydrogen-bond donors (Lipinski definition) is 0. The van der Waals surface area contributed by atoms with Crippen molar-refractivity contribution in [3.63, 3.8) is 0 Å². The minimum absolute atomic E-state index is 0.936. The van der Waals surface area contributed by atoms with Crippen LogP contribution in [0.3, 0.4) is 0 Å². The average Bonchev–Trinajstić information content (AvgIpc) is 3.14. The maximum Gasteiger partial charge on any atom is 0.0746 e. The molecule has 1 aliphatic rings. The summed E-state index contributed by atoms with van der Waals surface area (Å²) in [6.45, 7) is 0. The Kier molecular flexibility index (Phi) is 6.17. The fraction of sp³-hybridized carbons (Fsp3) is 0. The first-order valence-electron chi connectivity index (χ1n) is 15.7. The fourth-order valence-electron chi connectivity index (χ4n) is 7.07. The molecule has 2 heterocycles. The second kappa shape index (κ2) is 10.8. The largest absolute Gasteiger partial charge is 0.264 e. The molecule has 0 spiro atoms. The third kappa shape index (κ3) is 4.27. The van der Waals surface area contributed by atoms with Crippen molar-refractivity contribution in [1.82, 2.24) is 9.97 Å². The van der Waals surface area contributed by atoms with Crippen molar-refractivity contribution in [3.8, 4) is 78.0 Å². The summed E-state index contributed by atoms with van der Waals surface area (Å²) >= 11 is 0. The van der Waals surface area contributed by atoms with E-state index in [1.54, 1.807) is 0 Å². The highest BCUT2D eigenvalue weighted by Gasteiger charge is 2.24. The van der Waals surface area contributed by atoms with E-state index in [4.69, 9.17) is 4.98 Å². The lowest BCUT2D eigenvalue weighted by Crippen LogP contribution is -1.98. The van der Waals surface area contributed by atoms with Gasteiger partial charge in [-0.15, -0.1) is 0 Å². The first-order valence-corrected chi connectivity index (χ1v) is 15.7. The first kappa shape index (κ1) is 26.3. The van der Waals surface area contributed by atoms with Crippen LogP contribution in [-0.4, -0.2) is 9.97 Å². The third-order valence-corrected chi connectivity index (χ3v) is 9.15. The summed E-state index contributed by atoms with van der Waals surface area (Å²) in [5.74, 6) is 0. The number of aromatic nitrogens is 2. The maximum atomic E-state index is 5.01. The Morgan fingerprint density at radius 2 is 0.848 bits per heavy atom. The summed E-state index contributed by atoms with van der Waals surface area (Å²) in [5, 5.41) is 1.04. The van der Waals surface area contributed by atoms with E-state index in [0.29, 0.717) is 0 Å². The molecular weight excluding hydrogens is 556 g/mol. The molecule has 9 rings (SSSR count). The second-order valence-electron chi connectivity index (χ2n) is 11.8. The predicted octanol–water partition coefficient (Wildman–Crippen LogP) is 11.6. The summed E-state index contributed by atoms with van der Waals surface area (Å²) in [7, 11) is 0. The molecule has 0 aliphatic heterocycles. The van der Waals surface area contributed by atoms with E-state index in [1.807, 2.05) is 24.5 Å². The minimum atomic E-state index is 0.936. The van der Waals surface area contributed by atoms with E-state index in [2.05, 4.69) is 151 Å². The van der Waals surface area contributed by atoms with Gasteiger partial charge in [-0.3, -0.25) is 4.98 Å². The van der Waals surface area contributed by atoms with Crippen LogP contribution in [0, 0.1) is 0 Å². The smallest absolute Gasteiger partial charge is 0.0746 e. The zero-order chi connectivity index (χ0) is 30.5. The number of nitrogens with zero attached hydrogens (tertiary/aromatic N) is 2. The van der Waals surface area contributed by atoms with Gasteiger partial charge in [-0.25, -0.2) is 4.98 Å². The number of fused-ring (bicyclic) bond motifs is 9. The van der Waals surface area contributed by atoms with Crippen LogP contribution in [0.2, 0.25) is 0 Å². The first-order chi connectivity index (χ1) is 22.8. The van der Waals surface area contributed by atoms with Crippen molar-refractivity contribution < 1.29 is 0 Å². The van der Waals surface area contributed by atoms with Crippen molar-refractivity contribution in [3.05, 3.63) is 170 Å². The standard InChI is InChI=1S/C44H28N2/c1-2-12-29(13-3-1)43-27-40(41-28-45-25-24-42(41)46-43)31-15-10-14-30(26-31)32-22-11-23-39-37-19-7-6-18-35(37)33-16-4-5-17-34(33)36-20-8-9-21-38(36)44(32)39/h1-28H. The normalized spacial score (nSPS) is 11.5. The summed E-state index contributed by atoms with van der Waals surface area (Å²) in [6.07, 6.45) is 3.75. The molecule has 1 aliphatic carbocycles. The topological polar surface area (TPSA) is 25.8 Å². The van der Waals surface area contributed by atoms with Crippen molar-refractivity contribution in [2.24, 2.45) is 0 Å². The highest BCUT2D eigenvalue weighted by atomic mass is 14.7. The van der Waals surface area contributed by atoms with E-state index >= 15 is 0 Å². The molecule has 2 nitrogen and oxygen atoms in total. The molecule has 0 saturated carbocycles. The van der Waals surface area contributed by atoms with Gasteiger partial charge in [0.2, 0.25) is 0 Å². The maximum absolute atomic E-state index is 5.01. The monoisotopic (exact) mass is 584 g/mol. The SMILES string of the molecule is c1ccc(-c2cc(-c3cccc(-c4cccc5c4-c4ccccc4-c4ccccc4-c4ccccc4-5)c3)c3cnccc3n2)cc1. The van der Waals surface area contributed by atoms with Crippen LogP contribution >= 0.6 is 0 Å². The van der Waals surface area contributed by atoms with E-state index in [9.17, 15) is 0 Å². The lowest BCUT2D eigenvalue weighted by Gasteiger charge is -2.25. The Morgan fingerprint density at radius 3 is 1.54 bits per heavy atom. The van der Waals surface area contributed by atoms with Crippen LogP contribution in [0.4, 0.5) is 0 Å². The lowest BCUT2D eigenvalue weighted by atomic mass is 9.78. The van der Waals surface area contributed by atoms with Gasteiger partial charge in [-0.1, -0.05) is 140 Å².